The summed E-state index contributed by atoms with van der Waals surface area (Å²) in [6.45, 7) is 1.95. The third kappa shape index (κ3) is 3.99. The summed E-state index contributed by atoms with van der Waals surface area (Å²) in [7, 11) is 0. The highest BCUT2D eigenvalue weighted by molar-refractivity contribution is 5.45. The quantitative estimate of drug-likeness (QED) is 0.625. The van der Waals surface area contributed by atoms with Crippen molar-refractivity contribution in [3.05, 3.63) is 52.1 Å². The Morgan fingerprint density at radius 3 is 2.95 bits per heavy atom. The van der Waals surface area contributed by atoms with Crippen LogP contribution in [0.5, 0.6) is 0 Å². The van der Waals surface area contributed by atoms with Crippen molar-refractivity contribution >= 4 is 11.4 Å². The number of aromatic nitrogens is 2. The molecule has 0 saturated heterocycles. The van der Waals surface area contributed by atoms with Crippen LogP contribution < -0.4 is 5.32 Å². The SMILES string of the molecule is Cc1ccc(NCC(O)Cn2cc([N+](=O)[O-])cn2)cc1F. The Bertz CT molecular complexity index is 644. The summed E-state index contributed by atoms with van der Waals surface area (Å²) in [6, 6.07) is 4.70. The van der Waals surface area contributed by atoms with Crippen LogP contribution in [0.3, 0.4) is 0 Å². The van der Waals surface area contributed by atoms with Gasteiger partial charge in [-0.15, -0.1) is 0 Å². The minimum atomic E-state index is -0.811. The number of nitrogens with zero attached hydrogens (tertiary/aromatic N) is 3. The number of anilines is 1. The molecule has 0 bridgehead atoms. The number of aliphatic hydroxyl groups is 1. The molecule has 1 heterocycles. The van der Waals surface area contributed by atoms with Gasteiger partial charge in [0.2, 0.25) is 0 Å². The first-order valence-electron chi connectivity index (χ1n) is 6.30. The number of nitrogens with one attached hydrogen (secondary N) is 1. The predicted octanol–water partition coefficient (Wildman–Crippen LogP) is 1.71. The lowest BCUT2D eigenvalue weighted by Gasteiger charge is -2.13. The number of hydrogen-bond donors (Lipinski definition) is 2. The van der Waals surface area contributed by atoms with Crippen LogP contribution in [0.1, 0.15) is 5.56 Å². The summed E-state index contributed by atoms with van der Waals surface area (Å²) < 4.78 is 14.6. The molecule has 7 nitrogen and oxygen atoms in total. The zero-order valence-electron chi connectivity index (χ0n) is 11.4. The fourth-order valence-electron chi connectivity index (χ4n) is 1.77. The van der Waals surface area contributed by atoms with E-state index in [1.165, 1.54) is 16.9 Å². The monoisotopic (exact) mass is 294 g/mol. The Balaban J connectivity index is 1.87. The van der Waals surface area contributed by atoms with Crippen LogP contribution in [0.15, 0.2) is 30.6 Å². The van der Waals surface area contributed by atoms with Gasteiger partial charge in [-0.1, -0.05) is 6.07 Å². The number of nitro groups is 1. The summed E-state index contributed by atoms with van der Waals surface area (Å²) >= 11 is 0. The molecule has 1 aromatic carbocycles. The van der Waals surface area contributed by atoms with Gasteiger partial charge in [0.05, 0.1) is 17.6 Å². The molecule has 0 amide bonds. The van der Waals surface area contributed by atoms with Crippen molar-refractivity contribution in [2.75, 3.05) is 11.9 Å². The molecule has 0 fully saturated rings. The van der Waals surface area contributed by atoms with E-state index in [-0.39, 0.29) is 24.6 Å². The number of aliphatic hydroxyl groups excluding tert-OH is 1. The molecule has 0 radical (unpaired) electrons. The topological polar surface area (TPSA) is 93.2 Å². The van der Waals surface area contributed by atoms with Crippen LogP contribution in [-0.2, 0) is 6.54 Å². The maximum absolute atomic E-state index is 13.3. The van der Waals surface area contributed by atoms with Crippen molar-refractivity contribution in [1.29, 1.82) is 0 Å². The zero-order valence-corrected chi connectivity index (χ0v) is 11.4. The third-order valence-corrected chi connectivity index (χ3v) is 2.94. The Hall–Kier alpha value is -2.48. The van der Waals surface area contributed by atoms with E-state index < -0.39 is 11.0 Å². The minimum absolute atomic E-state index is 0.106. The normalized spacial score (nSPS) is 12.1. The molecule has 21 heavy (non-hydrogen) atoms. The molecule has 112 valence electrons. The molecule has 0 saturated carbocycles. The maximum atomic E-state index is 13.3. The van der Waals surface area contributed by atoms with E-state index in [1.807, 2.05) is 0 Å². The van der Waals surface area contributed by atoms with E-state index in [0.29, 0.717) is 11.3 Å². The van der Waals surface area contributed by atoms with E-state index in [0.717, 1.165) is 6.20 Å². The third-order valence-electron chi connectivity index (χ3n) is 2.94. The van der Waals surface area contributed by atoms with Crippen LogP contribution in [0, 0.1) is 22.9 Å². The van der Waals surface area contributed by atoms with Crippen LogP contribution in [0.25, 0.3) is 0 Å². The van der Waals surface area contributed by atoms with Gasteiger partial charge >= 0.3 is 5.69 Å². The van der Waals surface area contributed by atoms with Gasteiger partial charge in [-0.2, -0.15) is 5.10 Å². The van der Waals surface area contributed by atoms with Gasteiger partial charge in [0.25, 0.3) is 0 Å². The summed E-state index contributed by atoms with van der Waals surface area (Å²) in [4.78, 5) is 9.96. The summed E-state index contributed by atoms with van der Waals surface area (Å²) in [5.74, 6) is -0.322. The number of aryl methyl sites for hydroxylation is 1. The molecule has 0 aliphatic carbocycles. The molecule has 0 spiro atoms. The van der Waals surface area contributed by atoms with E-state index in [1.54, 1.807) is 19.1 Å². The zero-order chi connectivity index (χ0) is 15.4. The number of hydrogen-bond acceptors (Lipinski definition) is 5. The van der Waals surface area contributed by atoms with Gasteiger partial charge in [-0.3, -0.25) is 14.8 Å². The highest BCUT2D eigenvalue weighted by atomic mass is 19.1. The van der Waals surface area contributed by atoms with Crippen molar-refractivity contribution < 1.29 is 14.4 Å². The minimum Gasteiger partial charge on any atom is -0.389 e. The van der Waals surface area contributed by atoms with Gasteiger partial charge in [-0.05, 0) is 24.6 Å². The Morgan fingerprint density at radius 1 is 1.57 bits per heavy atom. The standard InChI is InChI=1S/C13H15FN4O3/c1-9-2-3-10(4-13(9)14)15-6-12(19)8-17-7-11(5-16-17)18(20)21/h2-5,7,12,15,19H,6,8H2,1H3. The van der Waals surface area contributed by atoms with Gasteiger partial charge in [-0.25, -0.2) is 4.39 Å². The lowest BCUT2D eigenvalue weighted by Crippen LogP contribution is -2.25. The fourth-order valence-corrected chi connectivity index (χ4v) is 1.77. The van der Waals surface area contributed by atoms with Gasteiger partial charge in [0.15, 0.2) is 0 Å². The average Bonchev–Trinajstić information content (AvgIpc) is 2.89. The Morgan fingerprint density at radius 2 is 2.33 bits per heavy atom. The molecule has 2 rings (SSSR count). The average molecular weight is 294 g/mol. The fraction of sp³-hybridized carbons (Fsp3) is 0.308. The molecule has 0 aliphatic heterocycles. The largest absolute Gasteiger partial charge is 0.389 e. The van der Waals surface area contributed by atoms with E-state index in [9.17, 15) is 19.6 Å². The Labute approximate surface area is 120 Å². The number of halogens is 1. The van der Waals surface area contributed by atoms with E-state index >= 15 is 0 Å². The summed E-state index contributed by atoms with van der Waals surface area (Å²) in [5, 5.41) is 27.0. The maximum Gasteiger partial charge on any atom is 0.306 e. The molecule has 2 N–H and O–H groups in total. The first kappa shape index (κ1) is 14.9. The Kier molecular flexibility index (Phi) is 4.49. The molecule has 1 atom stereocenters. The first-order valence-corrected chi connectivity index (χ1v) is 6.30. The number of benzene rings is 1. The smallest absolute Gasteiger partial charge is 0.306 e. The van der Waals surface area contributed by atoms with Crippen molar-refractivity contribution in [3.8, 4) is 0 Å². The predicted molar refractivity (Wildman–Crippen MR) is 74.5 cm³/mol. The second-order valence-electron chi connectivity index (χ2n) is 4.68. The van der Waals surface area contributed by atoms with Crippen LogP contribution in [0.2, 0.25) is 0 Å². The van der Waals surface area contributed by atoms with Gasteiger partial charge in [0, 0.05) is 12.2 Å². The molecule has 2 aromatic rings. The molecule has 8 heteroatoms. The van der Waals surface area contributed by atoms with E-state index in [4.69, 9.17) is 0 Å². The second kappa shape index (κ2) is 6.31. The molecular weight excluding hydrogens is 279 g/mol. The van der Waals surface area contributed by atoms with Crippen molar-refractivity contribution in [2.45, 2.75) is 19.6 Å². The van der Waals surface area contributed by atoms with Crippen molar-refractivity contribution in [3.63, 3.8) is 0 Å². The van der Waals surface area contributed by atoms with Gasteiger partial charge < -0.3 is 10.4 Å². The van der Waals surface area contributed by atoms with Crippen LogP contribution in [-0.4, -0.2) is 32.5 Å². The highest BCUT2D eigenvalue weighted by Gasteiger charge is 2.12. The first-order chi connectivity index (χ1) is 9.95. The molecule has 1 unspecified atom stereocenters. The molecule has 0 aliphatic rings. The van der Waals surface area contributed by atoms with E-state index in [2.05, 4.69) is 10.4 Å². The lowest BCUT2D eigenvalue weighted by atomic mass is 10.2. The summed E-state index contributed by atoms with van der Waals surface area (Å²) in [5.41, 5.74) is 0.976. The van der Waals surface area contributed by atoms with Crippen LogP contribution in [0.4, 0.5) is 15.8 Å². The lowest BCUT2D eigenvalue weighted by molar-refractivity contribution is -0.385. The van der Waals surface area contributed by atoms with Crippen LogP contribution >= 0.6 is 0 Å². The van der Waals surface area contributed by atoms with Crippen molar-refractivity contribution in [1.82, 2.24) is 9.78 Å². The summed E-state index contributed by atoms with van der Waals surface area (Å²) in [6.07, 6.45) is 1.55. The molecule has 1 aromatic heterocycles. The second-order valence-corrected chi connectivity index (χ2v) is 4.68. The molecular formula is C13H15FN4O3. The van der Waals surface area contributed by atoms with Gasteiger partial charge in [0.1, 0.15) is 18.2 Å². The number of rotatable bonds is 6. The highest BCUT2D eigenvalue weighted by Crippen LogP contribution is 2.13. The van der Waals surface area contributed by atoms with Crippen molar-refractivity contribution in [2.24, 2.45) is 0 Å².